The van der Waals surface area contributed by atoms with E-state index >= 15 is 0 Å². The molecule has 0 aliphatic heterocycles. The Balaban J connectivity index is 1.67. The minimum atomic E-state index is -0.369. The van der Waals surface area contributed by atoms with Gasteiger partial charge in [0, 0.05) is 19.7 Å². The van der Waals surface area contributed by atoms with Crippen molar-refractivity contribution in [2.45, 2.75) is 25.8 Å². The van der Waals surface area contributed by atoms with Crippen LogP contribution in [0.4, 0.5) is 0 Å². The molecule has 0 radical (unpaired) electrons. The Hall–Kier alpha value is -2.21. The van der Waals surface area contributed by atoms with Crippen LogP contribution < -0.4 is 0 Å². The summed E-state index contributed by atoms with van der Waals surface area (Å²) in [5, 5.41) is 8.10. The Bertz CT molecular complexity index is 665. The van der Waals surface area contributed by atoms with Gasteiger partial charge in [-0.15, -0.1) is 10.2 Å². The summed E-state index contributed by atoms with van der Waals surface area (Å²) in [5.41, 5.74) is 0.501. The first-order valence-electron chi connectivity index (χ1n) is 7.77. The predicted octanol–water partition coefficient (Wildman–Crippen LogP) is 2.51. The van der Waals surface area contributed by atoms with E-state index < -0.39 is 0 Å². The molecule has 0 unspecified atom stereocenters. The third-order valence-corrected chi connectivity index (χ3v) is 4.39. The highest BCUT2D eigenvalue weighted by Gasteiger charge is 2.45. The number of carbonyl (C=O) groups excluding carboxylic acids is 1. The zero-order chi connectivity index (χ0) is 16.3. The van der Waals surface area contributed by atoms with Crippen molar-refractivity contribution in [1.82, 2.24) is 15.1 Å². The molecule has 0 N–H and O–H groups in total. The monoisotopic (exact) mass is 315 g/mol. The molecule has 23 heavy (non-hydrogen) atoms. The number of benzene rings is 1. The zero-order valence-electron chi connectivity index (χ0n) is 13.5. The van der Waals surface area contributed by atoms with E-state index in [4.69, 9.17) is 9.15 Å². The highest BCUT2D eigenvalue weighted by molar-refractivity contribution is 5.83. The van der Waals surface area contributed by atoms with Crippen LogP contribution in [0.5, 0.6) is 0 Å². The van der Waals surface area contributed by atoms with Crippen molar-refractivity contribution in [3.63, 3.8) is 0 Å². The molecule has 6 nitrogen and oxygen atoms in total. The number of ether oxygens (including phenoxy) is 1. The number of methoxy groups -OCH3 is 1. The molecule has 0 saturated heterocycles. The number of aromatic nitrogens is 2. The lowest BCUT2D eigenvalue weighted by molar-refractivity contribution is -0.151. The van der Waals surface area contributed by atoms with Crippen LogP contribution in [0, 0.1) is 5.41 Å². The number of carbonyl (C=O) groups is 1. The molecule has 0 atom stereocenters. The minimum absolute atomic E-state index is 0.0880. The molecule has 6 heteroatoms. The Kier molecular flexibility index (Phi) is 4.43. The van der Waals surface area contributed by atoms with E-state index in [0.29, 0.717) is 24.9 Å². The van der Waals surface area contributed by atoms with Gasteiger partial charge in [0.1, 0.15) is 0 Å². The summed E-state index contributed by atoms with van der Waals surface area (Å²) < 4.78 is 10.9. The average Bonchev–Trinajstić information content (AvgIpc) is 2.99. The van der Waals surface area contributed by atoms with Gasteiger partial charge in [-0.2, -0.15) is 0 Å². The highest BCUT2D eigenvalue weighted by atomic mass is 16.5. The maximum Gasteiger partial charge on any atom is 0.247 e. The molecule has 1 saturated carbocycles. The molecule has 1 aliphatic rings. The molecule has 1 heterocycles. The maximum atomic E-state index is 12.7. The van der Waals surface area contributed by atoms with E-state index in [0.717, 1.165) is 24.8 Å². The van der Waals surface area contributed by atoms with Gasteiger partial charge in [0.25, 0.3) is 0 Å². The van der Waals surface area contributed by atoms with Gasteiger partial charge in [0.15, 0.2) is 0 Å². The molecular weight excluding hydrogens is 294 g/mol. The van der Waals surface area contributed by atoms with Crippen molar-refractivity contribution in [3.05, 3.63) is 36.2 Å². The van der Waals surface area contributed by atoms with E-state index in [1.807, 2.05) is 30.3 Å². The molecule has 3 rings (SSSR count). The van der Waals surface area contributed by atoms with Gasteiger partial charge in [0.05, 0.1) is 18.6 Å². The molecule has 122 valence electrons. The second-order valence-corrected chi connectivity index (χ2v) is 6.10. The molecule has 1 fully saturated rings. The van der Waals surface area contributed by atoms with Crippen molar-refractivity contribution >= 4 is 5.91 Å². The number of amides is 1. The van der Waals surface area contributed by atoms with Crippen LogP contribution in [-0.4, -0.2) is 41.8 Å². The van der Waals surface area contributed by atoms with Gasteiger partial charge >= 0.3 is 0 Å². The topological polar surface area (TPSA) is 68.5 Å². The number of hydrogen-bond donors (Lipinski definition) is 0. The van der Waals surface area contributed by atoms with Crippen LogP contribution in [0.3, 0.4) is 0 Å². The van der Waals surface area contributed by atoms with Crippen LogP contribution in [-0.2, 0) is 16.1 Å². The lowest BCUT2D eigenvalue weighted by Crippen LogP contribution is -2.49. The van der Waals surface area contributed by atoms with Gasteiger partial charge < -0.3 is 14.1 Å². The Morgan fingerprint density at radius 1 is 1.30 bits per heavy atom. The van der Waals surface area contributed by atoms with E-state index in [9.17, 15) is 4.79 Å². The van der Waals surface area contributed by atoms with E-state index in [1.165, 1.54) is 0 Å². The number of rotatable bonds is 6. The molecule has 2 aromatic rings. The third-order valence-electron chi connectivity index (χ3n) is 4.39. The number of hydrogen-bond acceptors (Lipinski definition) is 5. The molecular formula is C17H21N3O3. The van der Waals surface area contributed by atoms with Gasteiger partial charge in [-0.25, -0.2) is 0 Å². The number of nitrogens with zero attached hydrogens (tertiary/aromatic N) is 3. The largest absolute Gasteiger partial charge is 0.419 e. The van der Waals surface area contributed by atoms with Crippen molar-refractivity contribution in [2.75, 3.05) is 20.8 Å². The fraction of sp³-hybridized carbons (Fsp3) is 0.471. The second-order valence-electron chi connectivity index (χ2n) is 6.10. The normalized spacial score (nSPS) is 15.9. The first kappa shape index (κ1) is 15.7. The molecule has 1 amide bonds. The summed E-state index contributed by atoms with van der Waals surface area (Å²) >= 11 is 0. The summed E-state index contributed by atoms with van der Waals surface area (Å²) in [6, 6.07) is 9.59. The summed E-state index contributed by atoms with van der Waals surface area (Å²) in [5.74, 6) is 0.994. The molecule has 0 bridgehead atoms. The molecule has 0 spiro atoms. The van der Waals surface area contributed by atoms with Crippen LogP contribution in [0.2, 0.25) is 0 Å². The van der Waals surface area contributed by atoms with Gasteiger partial charge in [-0.3, -0.25) is 4.79 Å². The summed E-state index contributed by atoms with van der Waals surface area (Å²) in [6.45, 7) is 0.777. The van der Waals surface area contributed by atoms with Crippen molar-refractivity contribution in [1.29, 1.82) is 0 Å². The lowest BCUT2D eigenvalue weighted by atomic mass is 9.68. The average molecular weight is 315 g/mol. The zero-order valence-corrected chi connectivity index (χ0v) is 13.5. The van der Waals surface area contributed by atoms with Gasteiger partial charge in [-0.1, -0.05) is 24.6 Å². The fourth-order valence-electron chi connectivity index (χ4n) is 2.99. The third kappa shape index (κ3) is 3.12. The SMILES string of the molecule is COCC1(C(=O)N(C)Cc2nnc(-c3ccccc3)o2)CCC1. The molecule has 1 aliphatic carbocycles. The minimum Gasteiger partial charge on any atom is -0.419 e. The first-order chi connectivity index (χ1) is 11.1. The van der Waals surface area contributed by atoms with E-state index in [2.05, 4.69) is 10.2 Å². The van der Waals surface area contributed by atoms with E-state index in [1.54, 1.807) is 19.1 Å². The van der Waals surface area contributed by atoms with Gasteiger partial charge in [0.2, 0.25) is 17.7 Å². The summed E-state index contributed by atoms with van der Waals surface area (Å²) in [7, 11) is 3.40. The molecule has 1 aromatic heterocycles. The second kappa shape index (κ2) is 6.50. The van der Waals surface area contributed by atoms with Crippen LogP contribution in [0.25, 0.3) is 11.5 Å². The highest BCUT2D eigenvalue weighted by Crippen LogP contribution is 2.42. The van der Waals surface area contributed by atoms with Crippen molar-refractivity contribution in [3.8, 4) is 11.5 Å². The quantitative estimate of drug-likeness (QED) is 0.819. The maximum absolute atomic E-state index is 12.7. The predicted molar refractivity (Wildman–Crippen MR) is 84.4 cm³/mol. The van der Waals surface area contributed by atoms with Crippen molar-refractivity contribution in [2.24, 2.45) is 5.41 Å². The first-order valence-corrected chi connectivity index (χ1v) is 7.77. The van der Waals surface area contributed by atoms with Crippen LogP contribution >= 0.6 is 0 Å². The summed E-state index contributed by atoms with van der Waals surface area (Å²) in [4.78, 5) is 14.3. The standard InChI is InChI=1S/C17H21N3O3/c1-20(16(21)17(12-22-2)9-6-10-17)11-14-18-19-15(23-14)13-7-4-3-5-8-13/h3-5,7-8H,6,9-12H2,1-2H3. The Morgan fingerprint density at radius 2 is 2.04 bits per heavy atom. The van der Waals surface area contributed by atoms with Crippen LogP contribution in [0.1, 0.15) is 25.2 Å². The van der Waals surface area contributed by atoms with Crippen molar-refractivity contribution < 1.29 is 13.9 Å². The smallest absolute Gasteiger partial charge is 0.247 e. The van der Waals surface area contributed by atoms with Crippen LogP contribution in [0.15, 0.2) is 34.7 Å². The van der Waals surface area contributed by atoms with E-state index in [-0.39, 0.29) is 11.3 Å². The Labute approximate surface area is 135 Å². The fourth-order valence-corrected chi connectivity index (χ4v) is 2.99. The lowest BCUT2D eigenvalue weighted by Gasteiger charge is -2.41. The van der Waals surface area contributed by atoms with Gasteiger partial charge in [-0.05, 0) is 25.0 Å². The summed E-state index contributed by atoms with van der Waals surface area (Å²) in [6.07, 6.45) is 2.83. The molecule has 1 aromatic carbocycles. The Morgan fingerprint density at radius 3 is 2.65 bits per heavy atom.